The van der Waals surface area contributed by atoms with Crippen LogP contribution in [0.15, 0.2) is 23.7 Å². The molecule has 0 bridgehead atoms. The van der Waals surface area contributed by atoms with E-state index in [1.54, 1.807) is 6.20 Å². The van der Waals surface area contributed by atoms with Crippen LogP contribution in [-0.2, 0) is 17.8 Å². The summed E-state index contributed by atoms with van der Waals surface area (Å²) in [6.45, 7) is 4.89. The van der Waals surface area contributed by atoms with Crippen molar-refractivity contribution in [1.29, 1.82) is 0 Å². The van der Waals surface area contributed by atoms with Gasteiger partial charge in [0.25, 0.3) is 0 Å². The van der Waals surface area contributed by atoms with Crippen LogP contribution in [0.25, 0.3) is 11.2 Å². The normalized spacial score (nSPS) is 11.0. The molecule has 3 aromatic rings. The SMILES string of the molecule is CCCn1c(CCC(=O)Nc2nc(C)cs2)nc2cccnc21. The van der Waals surface area contributed by atoms with Crippen LogP contribution in [0.3, 0.4) is 0 Å². The molecule has 23 heavy (non-hydrogen) atoms. The first kappa shape index (κ1) is 15.6. The molecule has 0 atom stereocenters. The summed E-state index contributed by atoms with van der Waals surface area (Å²) in [5, 5.41) is 5.40. The number of nitrogens with one attached hydrogen (secondary N) is 1. The summed E-state index contributed by atoms with van der Waals surface area (Å²) >= 11 is 1.44. The number of fused-ring (bicyclic) bond motifs is 1. The van der Waals surface area contributed by atoms with Gasteiger partial charge in [0.15, 0.2) is 10.8 Å². The van der Waals surface area contributed by atoms with E-state index in [0.717, 1.165) is 35.6 Å². The molecule has 7 heteroatoms. The Morgan fingerprint density at radius 1 is 1.39 bits per heavy atom. The lowest BCUT2D eigenvalue weighted by Gasteiger charge is -2.06. The molecule has 0 aliphatic carbocycles. The van der Waals surface area contributed by atoms with Crippen molar-refractivity contribution in [3.8, 4) is 0 Å². The highest BCUT2D eigenvalue weighted by atomic mass is 32.1. The minimum atomic E-state index is -0.0394. The third kappa shape index (κ3) is 3.56. The average Bonchev–Trinajstić information content (AvgIpc) is 3.10. The van der Waals surface area contributed by atoms with Crippen LogP contribution < -0.4 is 5.32 Å². The van der Waals surface area contributed by atoms with Crippen molar-refractivity contribution in [3.63, 3.8) is 0 Å². The van der Waals surface area contributed by atoms with Crippen molar-refractivity contribution < 1.29 is 4.79 Å². The molecule has 3 heterocycles. The molecule has 0 saturated heterocycles. The zero-order valence-electron chi connectivity index (χ0n) is 13.2. The Hall–Kier alpha value is -2.28. The van der Waals surface area contributed by atoms with Gasteiger partial charge in [-0.05, 0) is 25.5 Å². The number of anilines is 1. The lowest BCUT2D eigenvalue weighted by atomic mass is 10.3. The maximum Gasteiger partial charge on any atom is 0.226 e. The number of rotatable bonds is 6. The van der Waals surface area contributed by atoms with E-state index in [0.29, 0.717) is 18.0 Å². The summed E-state index contributed by atoms with van der Waals surface area (Å²) in [5.41, 5.74) is 2.69. The zero-order chi connectivity index (χ0) is 16.2. The van der Waals surface area contributed by atoms with Crippen molar-refractivity contribution in [1.82, 2.24) is 19.5 Å². The molecule has 120 valence electrons. The second-order valence-corrected chi connectivity index (χ2v) is 6.23. The molecule has 1 amide bonds. The third-order valence-electron chi connectivity index (χ3n) is 3.47. The van der Waals surface area contributed by atoms with Gasteiger partial charge >= 0.3 is 0 Å². The minimum Gasteiger partial charge on any atom is -0.313 e. The fourth-order valence-corrected chi connectivity index (χ4v) is 3.18. The number of hydrogen-bond acceptors (Lipinski definition) is 5. The van der Waals surface area contributed by atoms with Gasteiger partial charge in [-0.25, -0.2) is 15.0 Å². The Labute approximate surface area is 138 Å². The van der Waals surface area contributed by atoms with E-state index >= 15 is 0 Å². The molecule has 3 aromatic heterocycles. The molecular weight excluding hydrogens is 310 g/mol. The molecule has 0 aromatic carbocycles. The van der Waals surface area contributed by atoms with Crippen LogP contribution >= 0.6 is 11.3 Å². The predicted octanol–water partition coefficient (Wildman–Crippen LogP) is 3.18. The van der Waals surface area contributed by atoms with Gasteiger partial charge in [0.1, 0.15) is 11.3 Å². The second kappa shape index (κ2) is 6.87. The Bertz CT molecular complexity index is 823. The molecule has 0 unspecified atom stereocenters. The molecule has 0 saturated carbocycles. The van der Waals surface area contributed by atoms with Crippen molar-refractivity contribution in [2.45, 2.75) is 39.7 Å². The van der Waals surface area contributed by atoms with Crippen molar-refractivity contribution in [2.75, 3.05) is 5.32 Å². The summed E-state index contributed by atoms with van der Waals surface area (Å²) in [5.74, 6) is 0.869. The van der Waals surface area contributed by atoms with Crippen LogP contribution in [0.1, 0.15) is 31.3 Å². The molecule has 3 rings (SSSR count). The van der Waals surface area contributed by atoms with Crippen molar-refractivity contribution >= 4 is 33.5 Å². The molecule has 0 fully saturated rings. The Kier molecular flexibility index (Phi) is 4.66. The number of aryl methyl sites for hydroxylation is 3. The Morgan fingerprint density at radius 2 is 2.26 bits per heavy atom. The largest absolute Gasteiger partial charge is 0.313 e. The number of thiazole rings is 1. The van der Waals surface area contributed by atoms with Gasteiger partial charge in [0, 0.05) is 31.0 Å². The highest BCUT2D eigenvalue weighted by Gasteiger charge is 2.13. The number of amides is 1. The number of carbonyl (C=O) groups is 1. The van der Waals surface area contributed by atoms with E-state index in [2.05, 4.69) is 31.8 Å². The highest BCUT2D eigenvalue weighted by Crippen LogP contribution is 2.17. The fraction of sp³-hybridized carbons (Fsp3) is 0.375. The summed E-state index contributed by atoms with van der Waals surface area (Å²) in [6.07, 6.45) is 3.75. The first-order valence-electron chi connectivity index (χ1n) is 7.69. The topological polar surface area (TPSA) is 72.7 Å². The number of hydrogen-bond donors (Lipinski definition) is 1. The Morgan fingerprint density at radius 3 is 3.00 bits per heavy atom. The first-order valence-corrected chi connectivity index (χ1v) is 8.57. The average molecular weight is 329 g/mol. The Balaban J connectivity index is 1.71. The number of pyridine rings is 1. The van der Waals surface area contributed by atoms with E-state index in [1.807, 2.05) is 24.4 Å². The maximum atomic E-state index is 12.1. The smallest absolute Gasteiger partial charge is 0.226 e. The highest BCUT2D eigenvalue weighted by molar-refractivity contribution is 7.13. The van der Waals surface area contributed by atoms with Crippen LogP contribution in [0, 0.1) is 6.92 Å². The van der Waals surface area contributed by atoms with E-state index in [9.17, 15) is 4.79 Å². The second-order valence-electron chi connectivity index (χ2n) is 5.37. The van der Waals surface area contributed by atoms with Gasteiger partial charge in [0.05, 0.1) is 5.69 Å². The number of nitrogens with zero attached hydrogens (tertiary/aromatic N) is 4. The number of imidazole rings is 1. The summed E-state index contributed by atoms with van der Waals surface area (Å²) < 4.78 is 2.11. The quantitative estimate of drug-likeness (QED) is 0.754. The van der Waals surface area contributed by atoms with E-state index in [4.69, 9.17) is 0 Å². The fourth-order valence-electron chi connectivity index (χ4n) is 2.47. The maximum absolute atomic E-state index is 12.1. The predicted molar refractivity (Wildman–Crippen MR) is 91.6 cm³/mol. The van der Waals surface area contributed by atoms with Crippen LogP contribution in [0.2, 0.25) is 0 Å². The summed E-state index contributed by atoms with van der Waals surface area (Å²) in [4.78, 5) is 25.4. The first-order chi connectivity index (χ1) is 11.2. The number of carbonyl (C=O) groups excluding carboxylic acids is 1. The minimum absolute atomic E-state index is 0.0394. The lowest BCUT2D eigenvalue weighted by Crippen LogP contribution is -2.14. The van der Waals surface area contributed by atoms with Crippen LogP contribution in [-0.4, -0.2) is 25.4 Å². The monoisotopic (exact) mass is 329 g/mol. The van der Waals surface area contributed by atoms with Gasteiger partial charge in [-0.15, -0.1) is 11.3 Å². The van der Waals surface area contributed by atoms with Gasteiger partial charge in [-0.3, -0.25) is 4.79 Å². The van der Waals surface area contributed by atoms with Crippen LogP contribution in [0.4, 0.5) is 5.13 Å². The van der Waals surface area contributed by atoms with Gasteiger partial charge in [-0.1, -0.05) is 6.92 Å². The van der Waals surface area contributed by atoms with E-state index < -0.39 is 0 Å². The van der Waals surface area contributed by atoms with Gasteiger partial charge in [-0.2, -0.15) is 0 Å². The molecule has 6 nitrogen and oxygen atoms in total. The van der Waals surface area contributed by atoms with E-state index in [1.165, 1.54) is 11.3 Å². The van der Waals surface area contributed by atoms with Crippen LogP contribution in [0.5, 0.6) is 0 Å². The lowest BCUT2D eigenvalue weighted by molar-refractivity contribution is -0.116. The van der Waals surface area contributed by atoms with Crippen molar-refractivity contribution in [2.24, 2.45) is 0 Å². The summed E-state index contributed by atoms with van der Waals surface area (Å²) in [7, 11) is 0. The molecular formula is C16H19N5OS. The van der Waals surface area contributed by atoms with Gasteiger partial charge < -0.3 is 9.88 Å². The standard InChI is InChI=1S/C16H19N5OS/c1-3-9-21-13(19-12-5-4-8-17-15(12)21)6-7-14(22)20-16-18-11(2)10-23-16/h4-5,8,10H,3,6-7,9H2,1-2H3,(H,18,20,22). The molecule has 0 radical (unpaired) electrons. The van der Waals surface area contributed by atoms with Crippen molar-refractivity contribution in [3.05, 3.63) is 35.2 Å². The van der Waals surface area contributed by atoms with Gasteiger partial charge in [0.2, 0.25) is 5.91 Å². The molecule has 0 aliphatic rings. The molecule has 0 aliphatic heterocycles. The summed E-state index contributed by atoms with van der Waals surface area (Å²) in [6, 6.07) is 3.84. The van der Waals surface area contributed by atoms with E-state index in [-0.39, 0.29) is 5.91 Å². The third-order valence-corrected chi connectivity index (χ3v) is 4.35. The molecule has 0 spiro atoms. The molecule has 1 N–H and O–H groups in total. The number of aromatic nitrogens is 4. The zero-order valence-corrected chi connectivity index (χ0v) is 14.1.